The molecule has 0 aliphatic heterocycles. The molecule has 3 rings (SSSR count). The van der Waals surface area contributed by atoms with Crippen LogP contribution in [0.2, 0.25) is 0 Å². The van der Waals surface area contributed by atoms with E-state index in [1.54, 1.807) is 37.3 Å². The van der Waals surface area contributed by atoms with Gasteiger partial charge in [-0.25, -0.2) is 9.67 Å². The van der Waals surface area contributed by atoms with E-state index in [9.17, 15) is 15.2 Å². The van der Waals surface area contributed by atoms with Gasteiger partial charge in [0.05, 0.1) is 16.3 Å². The zero-order valence-corrected chi connectivity index (χ0v) is 11.7. The summed E-state index contributed by atoms with van der Waals surface area (Å²) in [5.74, 6) is 0.182. The Balaban J connectivity index is 2.27. The van der Waals surface area contributed by atoms with Crippen LogP contribution in [0.25, 0.3) is 17.1 Å². The summed E-state index contributed by atoms with van der Waals surface area (Å²) in [5, 5.41) is 25.5. The van der Waals surface area contributed by atoms with Crippen LogP contribution in [0.1, 0.15) is 5.69 Å². The van der Waals surface area contributed by atoms with Crippen LogP contribution in [0.5, 0.6) is 5.75 Å². The van der Waals surface area contributed by atoms with Crippen LogP contribution in [0.4, 0.5) is 5.69 Å². The minimum absolute atomic E-state index is 0.0715. The van der Waals surface area contributed by atoms with Gasteiger partial charge in [0.25, 0.3) is 0 Å². The molecule has 0 saturated carbocycles. The van der Waals surface area contributed by atoms with Crippen LogP contribution in [0.15, 0.2) is 48.7 Å². The minimum atomic E-state index is -0.506. The van der Waals surface area contributed by atoms with Crippen molar-refractivity contribution in [1.29, 1.82) is 0 Å². The Bertz CT molecular complexity index is 857. The second kappa shape index (κ2) is 5.28. The van der Waals surface area contributed by atoms with Crippen LogP contribution in [0, 0.1) is 17.0 Å². The lowest BCUT2D eigenvalue weighted by Crippen LogP contribution is -2.05. The number of pyridine rings is 1. The lowest BCUT2D eigenvalue weighted by Gasteiger charge is -2.08. The molecule has 0 radical (unpaired) electrons. The third-order valence-corrected chi connectivity index (χ3v) is 3.17. The molecule has 7 nitrogen and oxygen atoms in total. The summed E-state index contributed by atoms with van der Waals surface area (Å²) >= 11 is 0. The van der Waals surface area contributed by atoms with Crippen molar-refractivity contribution in [2.45, 2.75) is 6.92 Å². The highest BCUT2D eigenvalue weighted by atomic mass is 16.6. The van der Waals surface area contributed by atoms with Gasteiger partial charge < -0.3 is 5.11 Å². The normalized spacial score (nSPS) is 10.6. The molecule has 0 bridgehead atoms. The summed E-state index contributed by atoms with van der Waals surface area (Å²) < 4.78 is 1.38. The fraction of sp³-hybridized carbons (Fsp3) is 0.0667. The van der Waals surface area contributed by atoms with E-state index in [0.29, 0.717) is 17.0 Å². The molecule has 110 valence electrons. The Hall–Kier alpha value is -3.22. The van der Waals surface area contributed by atoms with Crippen molar-refractivity contribution in [1.82, 2.24) is 14.8 Å². The van der Waals surface area contributed by atoms with Gasteiger partial charge in [-0.15, -0.1) is 0 Å². The number of para-hydroxylation sites is 1. The van der Waals surface area contributed by atoms with Crippen molar-refractivity contribution in [3.63, 3.8) is 0 Å². The Morgan fingerprint density at radius 2 is 2.00 bits per heavy atom. The van der Waals surface area contributed by atoms with E-state index in [2.05, 4.69) is 10.1 Å². The maximum atomic E-state index is 11.2. The van der Waals surface area contributed by atoms with E-state index < -0.39 is 4.92 Å². The van der Waals surface area contributed by atoms with Gasteiger partial charge >= 0.3 is 5.69 Å². The summed E-state index contributed by atoms with van der Waals surface area (Å²) in [6, 6.07) is 11.4. The van der Waals surface area contributed by atoms with Gasteiger partial charge in [0.15, 0.2) is 0 Å². The molecule has 3 aromatic rings. The van der Waals surface area contributed by atoms with Crippen LogP contribution < -0.4 is 0 Å². The van der Waals surface area contributed by atoms with Crippen LogP contribution >= 0.6 is 0 Å². The molecule has 2 aromatic heterocycles. The van der Waals surface area contributed by atoms with Crippen molar-refractivity contribution < 1.29 is 10.0 Å². The summed E-state index contributed by atoms with van der Waals surface area (Å²) in [4.78, 5) is 14.8. The molecule has 1 N–H and O–H groups in total. The number of benzene rings is 1. The summed E-state index contributed by atoms with van der Waals surface area (Å²) in [6.45, 7) is 1.77. The van der Waals surface area contributed by atoms with Gasteiger partial charge in [0.1, 0.15) is 5.75 Å². The van der Waals surface area contributed by atoms with Crippen molar-refractivity contribution in [2.24, 2.45) is 0 Å². The lowest BCUT2D eigenvalue weighted by atomic mass is 10.1. The Morgan fingerprint density at radius 3 is 2.73 bits per heavy atom. The number of aryl methyl sites for hydroxylation is 1. The number of rotatable bonds is 3. The number of nitro groups is 1. The average molecular weight is 296 g/mol. The van der Waals surface area contributed by atoms with Crippen LogP contribution in [-0.4, -0.2) is 24.8 Å². The smallest absolute Gasteiger partial charge is 0.313 e. The van der Waals surface area contributed by atoms with Crippen LogP contribution in [-0.2, 0) is 0 Å². The highest BCUT2D eigenvalue weighted by molar-refractivity contribution is 5.69. The highest BCUT2D eigenvalue weighted by Crippen LogP contribution is 2.32. The molecule has 7 heteroatoms. The second-order valence-electron chi connectivity index (χ2n) is 4.70. The third-order valence-electron chi connectivity index (χ3n) is 3.17. The summed E-state index contributed by atoms with van der Waals surface area (Å²) in [5.41, 5.74) is 1.58. The molecule has 0 aliphatic rings. The van der Waals surface area contributed by atoms with Crippen molar-refractivity contribution in [3.8, 4) is 22.8 Å². The standard InChI is InChI=1S/C15H12N4O3/c1-10-9-13(11-5-2-3-7-14(11)20)18(17-10)15-12(19(21)22)6-4-8-16-15/h2-9,20H,1H3. The SMILES string of the molecule is Cc1cc(-c2ccccc2O)n(-c2ncccc2[N+](=O)[O-])n1. The monoisotopic (exact) mass is 296 g/mol. The Labute approximate surface area is 125 Å². The van der Waals surface area contributed by atoms with E-state index in [1.165, 1.54) is 23.0 Å². The van der Waals surface area contributed by atoms with Gasteiger partial charge in [-0.3, -0.25) is 10.1 Å². The molecule has 0 amide bonds. The summed E-state index contributed by atoms with van der Waals surface area (Å²) in [7, 11) is 0. The first-order valence-electron chi connectivity index (χ1n) is 6.53. The Kier molecular flexibility index (Phi) is 3.30. The van der Waals surface area contributed by atoms with Gasteiger partial charge in [-0.1, -0.05) is 12.1 Å². The largest absolute Gasteiger partial charge is 0.507 e. The van der Waals surface area contributed by atoms with Crippen molar-refractivity contribution in [2.75, 3.05) is 0 Å². The topological polar surface area (TPSA) is 94.1 Å². The number of nitrogens with zero attached hydrogens (tertiary/aromatic N) is 4. The number of phenols is 1. The fourth-order valence-corrected chi connectivity index (χ4v) is 2.24. The number of aromatic nitrogens is 3. The van der Waals surface area contributed by atoms with E-state index in [-0.39, 0.29) is 17.3 Å². The molecule has 0 fully saturated rings. The fourth-order valence-electron chi connectivity index (χ4n) is 2.24. The predicted molar refractivity (Wildman–Crippen MR) is 79.9 cm³/mol. The Morgan fingerprint density at radius 1 is 1.23 bits per heavy atom. The molecule has 0 aliphatic carbocycles. The van der Waals surface area contributed by atoms with Gasteiger partial charge in [0.2, 0.25) is 5.82 Å². The molecular weight excluding hydrogens is 284 g/mol. The first-order chi connectivity index (χ1) is 10.6. The number of hydrogen-bond donors (Lipinski definition) is 1. The molecular formula is C15H12N4O3. The first kappa shape index (κ1) is 13.7. The van der Waals surface area contributed by atoms with Gasteiger partial charge in [-0.2, -0.15) is 5.10 Å². The quantitative estimate of drug-likeness (QED) is 0.592. The van der Waals surface area contributed by atoms with Crippen LogP contribution in [0.3, 0.4) is 0 Å². The second-order valence-corrected chi connectivity index (χ2v) is 4.70. The van der Waals surface area contributed by atoms with E-state index in [4.69, 9.17) is 0 Å². The molecule has 2 heterocycles. The number of phenolic OH excluding ortho intramolecular Hbond substituents is 1. The first-order valence-corrected chi connectivity index (χ1v) is 6.53. The number of aromatic hydroxyl groups is 1. The molecule has 22 heavy (non-hydrogen) atoms. The number of hydrogen-bond acceptors (Lipinski definition) is 5. The maximum Gasteiger partial charge on any atom is 0.313 e. The molecule has 0 saturated heterocycles. The summed E-state index contributed by atoms with van der Waals surface area (Å²) in [6.07, 6.45) is 1.47. The molecule has 1 aromatic carbocycles. The molecule has 0 atom stereocenters. The van der Waals surface area contributed by atoms with E-state index in [0.717, 1.165) is 0 Å². The van der Waals surface area contributed by atoms with E-state index in [1.807, 2.05) is 0 Å². The maximum absolute atomic E-state index is 11.2. The zero-order valence-electron chi connectivity index (χ0n) is 11.7. The highest BCUT2D eigenvalue weighted by Gasteiger charge is 2.21. The molecule has 0 spiro atoms. The lowest BCUT2D eigenvalue weighted by molar-refractivity contribution is -0.384. The van der Waals surface area contributed by atoms with Crippen molar-refractivity contribution in [3.05, 3.63) is 64.5 Å². The zero-order chi connectivity index (χ0) is 15.7. The van der Waals surface area contributed by atoms with Gasteiger partial charge in [0, 0.05) is 17.8 Å². The van der Waals surface area contributed by atoms with E-state index >= 15 is 0 Å². The minimum Gasteiger partial charge on any atom is -0.507 e. The van der Waals surface area contributed by atoms with Gasteiger partial charge in [-0.05, 0) is 31.2 Å². The predicted octanol–water partition coefficient (Wildman–Crippen LogP) is 2.86. The third kappa shape index (κ3) is 2.28. The molecule has 0 unspecified atom stereocenters. The van der Waals surface area contributed by atoms with Crippen molar-refractivity contribution >= 4 is 5.69 Å². The average Bonchev–Trinajstić information content (AvgIpc) is 2.89.